The van der Waals surface area contributed by atoms with Gasteiger partial charge in [-0.15, -0.1) is 11.3 Å². The van der Waals surface area contributed by atoms with Crippen LogP contribution in [0.15, 0.2) is 210 Å². The predicted octanol–water partition coefficient (Wildman–Crippen LogP) is 15.8. The minimum atomic E-state index is -0.482. The van der Waals surface area contributed by atoms with Crippen LogP contribution in [0.25, 0.3) is 63.6 Å². The zero-order chi connectivity index (χ0) is 38.0. The third kappa shape index (κ3) is 4.38. The molecule has 0 atom stereocenters. The van der Waals surface area contributed by atoms with Gasteiger partial charge in [0.15, 0.2) is 0 Å². The van der Waals surface area contributed by atoms with E-state index in [0.717, 1.165) is 5.69 Å². The number of nitrogens with zero attached hydrogens (tertiary/aromatic N) is 1. The zero-order valence-corrected chi connectivity index (χ0v) is 32.9. The van der Waals surface area contributed by atoms with Crippen molar-refractivity contribution < 1.29 is 0 Å². The molecule has 10 aromatic carbocycles. The second kappa shape index (κ2) is 12.2. The van der Waals surface area contributed by atoms with Gasteiger partial charge in [-0.1, -0.05) is 163 Å². The predicted molar refractivity (Wildman–Crippen MR) is 248 cm³/mol. The van der Waals surface area contributed by atoms with Crippen LogP contribution in [0.2, 0.25) is 0 Å². The minimum Gasteiger partial charge on any atom is -0.309 e. The Morgan fingerprint density at radius 1 is 0.362 bits per heavy atom. The van der Waals surface area contributed by atoms with Gasteiger partial charge in [-0.3, -0.25) is 0 Å². The highest BCUT2D eigenvalue weighted by molar-refractivity contribution is 7.99. The summed E-state index contributed by atoms with van der Waals surface area (Å²) in [5, 5.41) is 10.2. The van der Waals surface area contributed by atoms with E-state index < -0.39 is 5.41 Å². The van der Waals surface area contributed by atoms with Crippen LogP contribution >= 0.6 is 23.1 Å². The van der Waals surface area contributed by atoms with E-state index in [1.54, 1.807) is 0 Å². The third-order valence-corrected chi connectivity index (χ3v) is 14.9. The summed E-state index contributed by atoms with van der Waals surface area (Å²) in [6.07, 6.45) is 0. The number of hydrogen-bond acceptors (Lipinski definition) is 3. The van der Waals surface area contributed by atoms with E-state index in [9.17, 15) is 0 Å². The molecule has 270 valence electrons. The first-order chi connectivity index (χ1) is 28.8. The van der Waals surface area contributed by atoms with Crippen molar-refractivity contribution in [1.29, 1.82) is 0 Å². The van der Waals surface area contributed by atoms with Gasteiger partial charge in [0.2, 0.25) is 0 Å². The standard InChI is InChI=1S/C55H33NS2/c1-2-15-36-32-52-43(31-35(36)14-1)40-28-27-37(33-53(40)58-52)56(48-24-11-16-34-13-3-4-17-38(34)48)49-30-29-41-39-18-5-6-20-44(39)55(47-23-12-19-42(49)54(41)47)45-21-7-9-25-50(45)57-51-26-10-8-22-46(51)55/h1-33H. The molecular weight excluding hydrogens is 739 g/mol. The summed E-state index contributed by atoms with van der Waals surface area (Å²) in [7, 11) is 0. The zero-order valence-electron chi connectivity index (χ0n) is 31.3. The van der Waals surface area contributed by atoms with Gasteiger partial charge in [-0.25, -0.2) is 0 Å². The first-order valence-corrected chi connectivity index (χ1v) is 21.5. The molecule has 0 bridgehead atoms. The molecule has 0 unspecified atom stereocenters. The fourth-order valence-electron chi connectivity index (χ4n) is 10.3. The summed E-state index contributed by atoms with van der Waals surface area (Å²) >= 11 is 3.78. The number of anilines is 3. The molecule has 0 amide bonds. The Balaban J connectivity index is 1.13. The van der Waals surface area contributed by atoms with Gasteiger partial charge < -0.3 is 4.90 Å². The molecular formula is C55H33NS2. The van der Waals surface area contributed by atoms with Crippen molar-refractivity contribution in [2.45, 2.75) is 15.2 Å². The summed E-state index contributed by atoms with van der Waals surface area (Å²) in [5.74, 6) is 0. The van der Waals surface area contributed by atoms with Crippen molar-refractivity contribution in [2.75, 3.05) is 4.90 Å². The van der Waals surface area contributed by atoms with Crippen LogP contribution in [0, 0.1) is 0 Å². The lowest BCUT2D eigenvalue weighted by molar-refractivity contribution is 0.707. The molecule has 3 heteroatoms. The number of benzene rings is 10. The molecule has 1 spiro atoms. The van der Waals surface area contributed by atoms with Crippen molar-refractivity contribution >= 4 is 92.7 Å². The summed E-state index contributed by atoms with van der Waals surface area (Å²) in [6.45, 7) is 0. The van der Waals surface area contributed by atoms with Gasteiger partial charge in [0, 0.05) is 46.4 Å². The first kappa shape index (κ1) is 32.4. The second-order valence-electron chi connectivity index (χ2n) is 15.6. The molecule has 2 aliphatic rings. The topological polar surface area (TPSA) is 3.24 Å². The van der Waals surface area contributed by atoms with E-state index in [4.69, 9.17) is 0 Å². The van der Waals surface area contributed by atoms with Gasteiger partial charge in [0.25, 0.3) is 0 Å². The molecule has 1 aliphatic carbocycles. The van der Waals surface area contributed by atoms with Crippen LogP contribution in [0.4, 0.5) is 17.1 Å². The smallest absolute Gasteiger partial charge is 0.0735 e. The van der Waals surface area contributed by atoms with Crippen LogP contribution < -0.4 is 4.90 Å². The average Bonchev–Trinajstić information content (AvgIpc) is 3.64. The lowest BCUT2D eigenvalue weighted by Crippen LogP contribution is -2.36. The summed E-state index contributed by atoms with van der Waals surface area (Å²) in [6, 6.07) is 75.2. The molecule has 1 nitrogen and oxygen atoms in total. The Hall–Kier alpha value is -6.65. The largest absolute Gasteiger partial charge is 0.309 e. The Labute approximate surface area is 344 Å². The summed E-state index contributed by atoms with van der Waals surface area (Å²) < 4.78 is 2.61. The van der Waals surface area contributed by atoms with Crippen LogP contribution in [0.3, 0.4) is 0 Å². The molecule has 2 heterocycles. The fraction of sp³-hybridized carbons (Fsp3) is 0.0182. The molecule has 0 saturated heterocycles. The van der Waals surface area contributed by atoms with E-state index in [1.807, 2.05) is 23.1 Å². The highest BCUT2D eigenvalue weighted by atomic mass is 32.2. The number of thiophene rings is 1. The van der Waals surface area contributed by atoms with E-state index in [-0.39, 0.29) is 0 Å². The Kier molecular flexibility index (Phi) is 6.81. The number of hydrogen-bond donors (Lipinski definition) is 0. The van der Waals surface area contributed by atoms with Gasteiger partial charge in [0.05, 0.1) is 16.8 Å². The lowest BCUT2D eigenvalue weighted by Gasteiger charge is -2.46. The maximum Gasteiger partial charge on any atom is 0.0735 e. The van der Waals surface area contributed by atoms with E-state index in [1.165, 1.54) is 107 Å². The lowest BCUT2D eigenvalue weighted by atomic mass is 9.59. The molecule has 0 saturated carbocycles. The summed E-state index contributed by atoms with van der Waals surface area (Å²) in [5.41, 5.74) is 11.0. The van der Waals surface area contributed by atoms with Crippen molar-refractivity contribution in [2.24, 2.45) is 0 Å². The Bertz CT molecular complexity index is 3470. The van der Waals surface area contributed by atoms with Crippen LogP contribution in [0.5, 0.6) is 0 Å². The maximum atomic E-state index is 2.53. The highest BCUT2D eigenvalue weighted by Crippen LogP contribution is 2.62. The Morgan fingerprint density at radius 2 is 0.966 bits per heavy atom. The first-order valence-electron chi connectivity index (χ1n) is 19.9. The molecule has 0 fully saturated rings. The summed E-state index contributed by atoms with van der Waals surface area (Å²) in [4.78, 5) is 5.15. The molecule has 1 aliphatic heterocycles. The molecule has 58 heavy (non-hydrogen) atoms. The maximum absolute atomic E-state index is 2.53. The molecule has 13 rings (SSSR count). The monoisotopic (exact) mass is 771 g/mol. The minimum absolute atomic E-state index is 0.482. The van der Waals surface area contributed by atoms with Gasteiger partial charge in [-0.2, -0.15) is 0 Å². The van der Waals surface area contributed by atoms with Crippen molar-refractivity contribution in [3.8, 4) is 11.1 Å². The SMILES string of the molecule is c1ccc2c(c1)Sc1ccccc1C21c2ccccc2-c2ccc(N(c3ccc4c(c3)sc3cc5ccccc5cc34)c3cccc4ccccc34)c3cccc1c23. The van der Waals surface area contributed by atoms with Crippen molar-refractivity contribution in [1.82, 2.24) is 0 Å². The Morgan fingerprint density at radius 3 is 1.79 bits per heavy atom. The van der Waals surface area contributed by atoms with Crippen LogP contribution in [-0.4, -0.2) is 0 Å². The average molecular weight is 772 g/mol. The number of fused-ring (bicyclic) bond motifs is 13. The second-order valence-corrected chi connectivity index (χ2v) is 17.7. The molecule has 11 aromatic rings. The van der Waals surface area contributed by atoms with Crippen LogP contribution in [0.1, 0.15) is 22.3 Å². The number of rotatable bonds is 3. The van der Waals surface area contributed by atoms with E-state index in [0.29, 0.717) is 0 Å². The highest BCUT2D eigenvalue weighted by Gasteiger charge is 2.48. The fourth-order valence-corrected chi connectivity index (χ4v) is 12.7. The molecule has 0 radical (unpaired) electrons. The van der Waals surface area contributed by atoms with Gasteiger partial charge >= 0.3 is 0 Å². The third-order valence-electron chi connectivity index (χ3n) is 12.7. The quantitative estimate of drug-likeness (QED) is 0.176. The molecule has 1 aromatic heterocycles. The van der Waals surface area contributed by atoms with Gasteiger partial charge in [0.1, 0.15) is 0 Å². The molecule has 0 N–H and O–H groups in total. The van der Waals surface area contributed by atoms with Crippen LogP contribution in [-0.2, 0) is 5.41 Å². The van der Waals surface area contributed by atoms with Gasteiger partial charge in [-0.05, 0) is 103 Å². The van der Waals surface area contributed by atoms with E-state index >= 15 is 0 Å². The van der Waals surface area contributed by atoms with Crippen molar-refractivity contribution in [3.63, 3.8) is 0 Å². The van der Waals surface area contributed by atoms with Crippen molar-refractivity contribution in [3.05, 3.63) is 222 Å². The van der Waals surface area contributed by atoms with E-state index in [2.05, 4.69) is 205 Å². The normalized spacial score (nSPS) is 13.6.